The molecule has 0 saturated heterocycles. The third kappa shape index (κ3) is 4.93. The van der Waals surface area contributed by atoms with Gasteiger partial charge in [0.15, 0.2) is 0 Å². The van der Waals surface area contributed by atoms with Crippen LogP contribution in [0.5, 0.6) is 0 Å². The number of urea groups is 1. The molecule has 2 amide bonds. The first-order chi connectivity index (χ1) is 10.2. The molecule has 0 aromatic heterocycles. The second kappa shape index (κ2) is 7.46. The first-order valence-electron chi connectivity index (χ1n) is 6.47. The van der Waals surface area contributed by atoms with Crippen LogP contribution in [0.1, 0.15) is 11.1 Å². The van der Waals surface area contributed by atoms with E-state index in [4.69, 9.17) is 5.26 Å². The lowest BCUT2D eigenvalue weighted by Gasteiger charge is -2.07. The predicted molar refractivity (Wildman–Crippen MR) is 86.0 cm³/mol. The summed E-state index contributed by atoms with van der Waals surface area (Å²) in [6.07, 6.45) is 0.772. The topological polar surface area (TPSA) is 64.9 Å². The number of nitriles is 1. The second-order valence-electron chi connectivity index (χ2n) is 4.45. The summed E-state index contributed by atoms with van der Waals surface area (Å²) < 4.78 is 1.04. The van der Waals surface area contributed by atoms with Gasteiger partial charge in [-0.15, -0.1) is 0 Å². The van der Waals surface area contributed by atoms with Crippen molar-refractivity contribution < 1.29 is 4.79 Å². The first-order valence-corrected chi connectivity index (χ1v) is 7.26. The Bertz CT molecular complexity index is 645. The third-order valence-corrected chi connectivity index (χ3v) is 3.41. The second-order valence-corrected chi connectivity index (χ2v) is 5.36. The Morgan fingerprint density at radius 1 is 1.10 bits per heavy atom. The number of nitrogens with zero attached hydrogens (tertiary/aromatic N) is 1. The molecule has 0 fully saturated rings. The number of nitrogens with one attached hydrogen (secondary N) is 2. The quantitative estimate of drug-likeness (QED) is 0.889. The number of amides is 2. The zero-order valence-electron chi connectivity index (χ0n) is 11.3. The maximum atomic E-state index is 11.7. The van der Waals surface area contributed by atoms with Gasteiger partial charge in [-0.05, 0) is 48.4 Å². The fourth-order valence-electron chi connectivity index (χ4n) is 1.77. The van der Waals surface area contributed by atoms with Crippen molar-refractivity contribution in [3.05, 3.63) is 64.1 Å². The third-order valence-electron chi connectivity index (χ3n) is 2.88. The number of halogens is 1. The van der Waals surface area contributed by atoms with Crippen molar-refractivity contribution in [2.75, 3.05) is 11.9 Å². The van der Waals surface area contributed by atoms with Crippen molar-refractivity contribution in [2.24, 2.45) is 0 Å². The molecule has 5 heteroatoms. The van der Waals surface area contributed by atoms with E-state index < -0.39 is 0 Å². The van der Waals surface area contributed by atoms with E-state index in [2.05, 4.69) is 26.6 Å². The molecule has 106 valence electrons. The maximum Gasteiger partial charge on any atom is 0.319 e. The van der Waals surface area contributed by atoms with Crippen LogP contribution in [0, 0.1) is 11.3 Å². The Hall–Kier alpha value is -2.32. The van der Waals surface area contributed by atoms with Crippen molar-refractivity contribution in [3.8, 4) is 6.07 Å². The van der Waals surface area contributed by atoms with E-state index >= 15 is 0 Å². The Kier molecular flexibility index (Phi) is 5.35. The number of hydrogen-bond acceptors (Lipinski definition) is 2. The normalized spacial score (nSPS) is 9.71. The van der Waals surface area contributed by atoms with Gasteiger partial charge in [0.05, 0.1) is 11.6 Å². The van der Waals surface area contributed by atoms with Gasteiger partial charge in [0.2, 0.25) is 0 Å². The molecule has 0 aliphatic rings. The molecule has 0 atom stereocenters. The van der Waals surface area contributed by atoms with E-state index in [1.807, 2.05) is 30.3 Å². The van der Waals surface area contributed by atoms with E-state index in [0.29, 0.717) is 17.8 Å². The SMILES string of the molecule is N#Cc1ccc(NC(=O)NCCc2ccc(Br)cc2)cc1. The lowest BCUT2D eigenvalue weighted by molar-refractivity contribution is 0.252. The molecule has 0 aliphatic heterocycles. The summed E-state index contributed by atoms with van der Waals surface area (Å²) in [7, 11) is 0. The van der Waals surface area contributed by atoms with Crippen molar-refractivity contribution >= 4 is 27.6 Å². The van der Waals surface area contributed by atoms with E-state index in [-0.39, 0.29) is 6.03 Å². The van der Waals surface area contributed by atoms with Gasteiger partial charge in [-0.2, -0.15) is 5.26 Å². The van der Waals surface area contributed by atoms with Gasteiger partial charge in [0, 0.05) is 16.7 Å². The van der Waals surface area contributed by atoms with Crippen molar-refractivity contribution in [1.82, 2.24) is 5.32 Å². The fraction of sp³-hybridized carbons (Fsp3) is 0.125. The average Bonchev–Trinajstić information content (AvgIpc) is 2.50. The molecule has 0 radical (unpaired) electrons. The van der Waals surface area contributed by atoms with Crippen LogP contribution < -0.4 is 10.6 Å². The van der Waals surface area contributed by atoms with Crippen LogP contribution in [0.4, 0.5) is 10.5 Å². The summed E-state index contributed by atoms with van der Waals surface area (Å²) in [5, 5.41) is 14.2. The molecule has 0 saturated carbocycles. The Morgan fingerprint density at radius 2 is 1.76 bits per heavy atom. The standard InChI is InChI=1S/C16H14BrN3O/c17-14-5-1-12(2-6-14)9-10-19-16(21)20-15-7-3-13(11-18)4-8-15/h1-8H,9-10H2,(H2,19,20,21). The van der Waals surface area contributed by atoms with Crippen molar-refractivity contribution in [1.29, 1.82) is 5.26 Å². The Morgan fingerprint density at radius 3 is 2.38 bits per heavy atom. The fourth-order valence-corrected chi connectivity index (χ4v) is 2.04. The van der Waals surface area contributed by atoms with E-state index in [1.54, 1.807) is 24.3 Å². The van der Waals surface area contributed by atoms with Crippen LogP contribution in [0.25, 0.3) is 0 Å². The van der Waals surface area contributed by atoms with Crippen LogP contribution >= 0.6 is 15.9 Å². The molecular formula is C16H14BrN3O. The summed E-state index contributed by atoms with van der Waals surface area (Å²) >= 11 is 3.38. The van der Waals surface area contributed by atoms with E-state index in [1.165, 1.54) is 0 Å². The van der Waals surface area contributed by atoms with Gasteiger partial charge in [-0.3, -0.25) is 0 Å². The molecule has 2 rings (SSSR count). The maximum absolute atomic E-state index is 11.7. The highest BCUT2D eigenvalue weighted by atomic mass is 79.9. The van der Waals surface area contributed by atoms with Gasteiger partial charge in [-0.1, -0.05) is 28.1 Å². The number of carbonyl (C=O) groups is 1. The molecular weight excluding hydrogens is 330 g/mol. The predicted octanol–water partition coefficient (Wildman–Crippen LogP) is 3.68. The molecule has 2 aromatic rings. The minimum absolute atomic E-state index is 0.253. The van der Waals surface area contributed by atoms with Crippen LogP contribution in [-0.4, -0.2) is 12.6 Å². The summed E-state index contributed by atoms with van der Waals surface area (Å²) in [5.74, 6) is 0. The minimum atomic E-state index is -0.253. The van der Waals surface area contributed by atoms with Crippen molar-refractivity contribution in [2.45, 2.75) is 6.42 Å². The molecule has 4 nitrogen and oxygen atoms in total. The van der Waals surface area contributed by atoms with Gasteiger partial charge >= 0.3 is 6.03 Å². The zero-order chi connectivity index (χ0) is 15.1. The number of rotatable bonds is 4. The first kappa shape index (κ1) is 15.1. The van der Waals surface area contributed by atoms with Gasteiger partial charge in [0.25, 0.3) is 0 Å². The molecule has 0 spiro atoms. The molecule has 0 aliphatic carbocycles. The molecule has 0 heterocycles. The summed E-state index contributed by atoms with van der Waals surface area (Å²) in [4.78, 5) is 11.7. The lowest BCUT2D eigenvalue weighted by Crippen LogP contribution is -2.30. The minimum Gasteiger partial charge on any atom is -0.338 e. The van der Waals surface area contributed by atoms with Gasteiger partial charge in [0.1, 0.15) is 0 Å². The molecule has 2 N–H and O–H groups in total. The Labute approximate surface area is 131 Å². The number of hydrogen-bond donors (Lipinski definition) is 2. The molecule has 0 unspecified atom stereocenters. The van der Waals surface area contributed by atoms with Crippen LogP contribution in [0.3, 0.4) is 0 Å². The van der Waals surface area contributed by atoms with Gasteiger partial charge < -0.3 is 10.6 Å². The van der Waals surface area contributed by atoms with E-state index in [9.17, 15) is 4.79 Å². The monoisotopic (exact) mass is 343 g/mol. The molecule has 0 bridgehead atoms. The highest BCUT2D eigenvalue weighted by molar-refractivity contribution is 9.10. The molecule has 21 heavy (non-hydrogen) atoms. The Balaban J connectivity index is 1.76. The highest BCUT2D eigenvalue weighted by Crippen LogP contribution is 2.11. The van der Waals surface area contributed by atoms with Crippen LogP contribution in [0.2, 0.25) is 0 Å². The van der Waals surface area contributed by atoms with Gasteiger partial charge in [-0.25, -0.2) is 4.79 Å². The highest BCUT2D eigenvalue weighted by Gasteiger charge is 2.01. The summed E-state index contributed by atoms with van der Waals surface area (Å²) in [5.41, 5.74) is 2.39. The number of benzene rings is 2. The summed E-state index contributed by atoms with van der Waals surface area (Å²) in [6.45, 7) is 0.559. The number of anilines is 1. The largest absolute Gasteiger partial charge is 0.338 e. The van der Waals surface area contributed by atoms with Crippen LogP contribution in [-0.2, 0) is 6.42 Å². The molecule has 2 aromatic carbocycles. The van der Waals surface area contributed by atoms with Crippen LogP contribution in [0.15, 0.2) is 53.0 Å². The zero-order valence-corrected chi connectivity index (χ0v) is 12.9. The van der Waals surface area contributed by atoms with Crippen molar-refractivity contribution in [3.63, 3.8) is 0 Å². The summed E-state index contributed by atoms with van der Waals surface area (Å²) in [6, 6.07) is 16.5. The average molecular weight is 344 g/mol. The smallest absolute Gasteiger partial charge is 0.319 e. The van der Waals surface area contributed by atoms with E-state index in [0.717, 1.165) is 16.5 Å². The lowest BCUT2D eigenvalue weighted by atomic mass is 10.1. The number of carbonyl (C=O) groups excluding carboxylic acids is 1.